The highest BCUT2D eigenvalue weighted by atomic mass is 14.9. The smallest absolute Gasteiger partial charge is 0.0105 e. The molecule has 0 fully saturated rings. The van der Waals surface area contributed by atoms with Gasteiger partial charge in [0, 0.05) is 6.04 Å². The summed E-state index contributed by atoms with van der Waals surface area (Å²) in [6.07, 6.45) is 6.08. The fourth-order valence-corrected chi connectivity index (χ4v) is 3.11. The second-order valence-corrected chi connectivity index (χ2v) is 5.99. The first-order valence-electron chi connectivity index (χ1n) is 7.65. The summed E-state index contributed by atoms with van der Waals surface area (Å²) in [5, 5.41) is 3.76. The Kier molecular flexibility index (Phi) is 5.21. The zero-order chi connectivity index (χ0) is 13.7. The number of hydrogen-bond acceptors (Lipinski definition) is 1. The summed E-state index contributed by atoms with van der Waals surface area (Å²) in [5.41, 5.74) is 4.43. The molecule has 0 aromatic heterocycles. The lowest BCUT2D eigenvalue weighted by atomic mass is 9.91. The Hall–Kier alpha value is -1.08. The summed E-state index contributed by atoms with van der Waals surface area (Å²) in [5.74, 6) is 0.767. The van der Waals surface area contributed by atoms with E-state index in [-0.39, 0.29) is 0 Å². The molecular formula is C18H27N. The van der Waals surface area contributed by atoms with Crippen molar-refractivity contribution in [3.05, 3.63) is 47.5 Å². The molecule has 104 valence electrons. The van der Waals surface area contributed by atoms with E-state index in [1.54, 1.807) is 11.1 Å². The van der Waals surface area contributed by atoms with Gasteiger partial charge in [-0.1, -0.05) is 36.8 Å². The largest absolute Gasteiger partial charge is 0.314 e. The molecule has 0 saturated heterocycles. The lowest BCUT2D eigenvalue weighted by molar-refractivity contribution is 0.345. The fraction of sp³-hybridized carbons (Fsp3) is 0.556. The minimum atomic E-state index is 0.643. The van der Waals surface area contributed by atoms with Crippen molar-refractivity contribution in [2.45, 2.75) is 52.0 Å². The Balaban J connectivity index is 1.97. The molecule has 1 N–H and O–H groups in total. The number of benzene rings is 1. The second-order valence-electron chi connectivity index (χ2n) is 5.99. The van der Waals surface area contributed by atoms with Gasteiger partial charge >= 0.3 is 0 Å². The maximum atomic E-state index is 4.05. The molecule has 1 aromatic rings. The van der Waals surface area contributed by atoms with Crippen molar-refractivity contribution in [2.24, 2.45) is 5.92 Å². The Bertz CT molecular complexity index is 396. The van der Waals surface area contributed by atoms with Crippen LogP contribution in [-0.2, 0) is 12.8 Å². The van der Waals surface area contributed by atoms with Crippen LogP contribution >= 0.6 is 0 Å². The normalized spacial score (nSPS) is 16.3. The first-order valence-corrected chi connectivity index (χ1v) is 7.65. The molecule has 0 bridgehead atoms. The molecule has 19 heavy (non-hydrogen) atoms. The average molecular weight is 257 g/mol. The molecule has 1 aliphatic carbocycles. The monoisotopic (exact) mass is 257 g/mol. The number of hydrogen-bond donors (Lipinski definition) is 1. The molecule has 1 heteroatoms. The topological polar surface area (TPSA) is 12.0 Å². The maximum absolute atomic E-state index is 4.05. The van der Waals surface area contributed by atoms with Gasteiger partial charge in [-0.15, -0.1) is 6.58 Å². The van der Waals surface area contributed by atoms with Crippen LogP contribution in [0.5, 0.6) is 0 Å². The zero-order valence-electron chi connectivity index (χ0n) is 12.4. The van der Waals surface area contributed by atoms with Gasteiger partial charge in [0.1, 0.15) is 0 Å². The van der Waals surface area contributed by atoms with Crippen LogP contribution in [-0.4, -0.2) is 12.6 Å². The molecule has 0 radical (unpaired) electrons. The van der Waals surface area contributed by atoms with Crippen molar-refractivity contribution in [2.75, 3.05) is 6.54 Å². The van der Waals surface area contributed by atoms with Gasteiger partial charge in [-0.05, 0) is 62.6 Å². The SMILES string of the molecule is C=C(C)CCC(NCCC)C1Cc2ccccc2C1. The molecule has 0 saturated carbocycles. The highest BCUT2D eigenvalue weighted by molar-refractivity contribution is 5.32. The van der Waals surface area contributed by atoms with Crippen molar-refractivity contribution < 1.29 is 0 Å². The molecule has 0 spiro atoms. The van der Waals surface area contributed by atoms with Crippen LogP contribution in [0.2, 0.25) is 0 Å². The first-order chi connectivity index (χ1) is 9.20. The van der Waals surface area contributed by atoms with E-state index in [0.717, 1.165) is 18.9 Å². The molecule has 0 amide bonds. The summed E-state index contributed by atoms with van der Waals surface area (Å²) in [4.78, 5) is 0. The molecule has 1 atom stereocenters. The van der Waals surface area contributed by atoms with Crippen LogP contribution in [0.15, 0.2) is 36.4 Å². The molecule has 0 heterocycles. The second kappa shape index (κ2) is 6.91. The Morgan fingerprint density at radius 2 is 1.95 bits per heavy atom. The van der Waals surface area contributed by atoms with E-state index < -0.39 is 0 Å². The number of fused-ring (bicyclic) bond motifs is 1. The van der Waals surface area contributed by atoms with Crippen molar-refractivity contribution in [1.29, 1.82) is 0 Å². The lowest BCUT2D eigenvalue weighted by Crippen LogP contribution is -2.37. The highest BCUT2D eigenvalue weighted by Gasteiger charge is 2.27. The molecule has 0 aliphatic heterocycles. The Labute approximate surface area is 118 Å². The highest BCUT2D eigenvalue weighted by Crippen LogP contribution is 2.30. The predicted octanol–water partition coefficient (Wildman–Crippen LogP) is 4.13. The fourth-order valence-electron chi connectivity index (χ4n) is 3.11. The van der Waals surface area contributed by atoms with E-state index in [1.807, 2.05) is 0 Å². The van der Waals surface area contributed by atoms with Crippen molar-refractivity contribution in [3.8, 4) is 0 Å². The van der Waals surface area contributed by atoms with E-state index in [0.29, 0.717) is 6.04 Å². The Morgan fingerprint density at radius 3 is 2.47 bits per heavy atom. The van der Waals surface area contributed by atoms with E-state index >= 15 is 0 Å². The van der Waals surface area contributed by atoms with Crippen LogP contribution in [0, 0.1) is 5.92 Å². The summed E-state index contributed by atoms with van der Waals surface area (Å²) in [6, 6.07) is 9.58. The van der Waals surface area contributed by atoms with Gasteiger partial charge in [0.05, 0.1) is 0 Å². The first kappa shape index (κ1) is 14.3. The van der Waals surface area contributed by atoms with E-state index in [1.165, 1.54) is 31.3 Å². The van der Waals surface area contributed by atoms with Crippen LogP contribution in [0.1, 0.15) is 44.2 Å². The van der Waals surface area contributed by atoms with Gasteiger partial charge in [-0.25, -0.2) is 0 Å². The molecule has 1 nitrogen and oxygen atoms in total. The standard InChI is InChI=1S/C18H27N/c1-4-11-19-18(10-9-14(2)3)17-12-15-7-5-6-8-16(15)13-17/h5-8,17-19H,2,4,9-13H2,1,3H3. The van der Waals surface area contributed by atoms with Crippen LogP contribution in [0.3, 0.4) is 0 Å². The number of nitrogens with one attached hydrogen (secondary N) is 1. The molecule has 1 aliphatic rings. The third kappa shape index (κ3) is 3.94. The van der Waals surface area contributed by atoms with Crippen LogP contribution < -0.4 is 5.32 Å². The van der Waals surface area contributed by atoms with Crippen LogP contribution in [0.4, 0.5) is 0 Å². The minimum Gasteiger partial charge on any atom is -0.314 e. The average Bonchev–Trinajstić information content (AvgIpc) is 2.82. The van der Waals surface area contributed by atoms with Crippen molar-refractivity contribution in [1.82, 2.24) is 5.32 Å². The van der Waals surface area contributed by atoms with Gasteiger partial charge < -0.3 is 5.32 Å². The van der Waals surface area contributed by atoms with Crippen molar-refractivity contribution in [3.63, 3.8) is 0 Å². The van der Waals surface area contributed by atoms with E-state index in [2.05, 4.69) is 50.0 Å². The maximum Gasteiger partial charge on any atom is 0.0105 e. The summed E-state index contributed by atoms with van der Waals surface area (Å²) >= 11 is 0. The number of allylic oxidation sites excluding steroid dienone is 1. The van der Waals surface area contributed by atoms with Gasteiger partial charge in [-0.2, -0.15) is 0 Å². The third-order valence-electron chi connectivity index (χ3n) is 4.19. The summed E-state index contributed by atoms with van der Waals surface area (Å²) in [7, 11) is 0. The van der Waals surface area contributed by atoms with Crippen LogP contribution in [0.25, 0.3) is 0 Å². The summed E-state index contributed by atoms with van der Waals surface area (Å²) < 4.78 is 0. The summed E-state index contributed by atoms with van der Waals surface area (Å²) in [6.45, 7) is 9.56. The third-order valence-corrected chi connectivity index (χ3v) is 4.19. The van der Waals surface area contributed by atoms with Crippen molar-refractivity contribution >= 4 is 0 Å². The lowest BCUT2D eigenvalue weighted by Gasteiger charge is -2.25. The molecule has 1 aromatic carbocycles. The van der Waals surface area contributed by atoms with Gasteiger partial charge in [0.2, 0.25) is 0 Å². The predicted molar refractivity (Wildman–Crippen MR) is 83.5 cm³/mol. The van der Waals surface area contributed by atoms with Gasteiger partial charge in [-0.3, -0.25) is 0 Å². The van der Waals surface area contributed by atoms with Gasteiger partial charge in [0.15, 0.2) is 0 Å². The quantitative estimate of drug-likeness (QED) is 0.724. The molecule has 2 rings (SSSR count). The number of rotatable bonds is 7. The van der Waals surface area contributed by atoms with Gasteiger partial charge in [0.25, 0.3) is 0 Å². The Morgan fingerprint density at radius 1 is 1.32 bits per heavy atom. The zero-order valence-corrected chi connectivity index (χ0v) is 12.4. The molecule has 1 unspecified atom stereocenters. The molecular weight excluding hydrogens is 230 g/mol. The van der Waals surface area contributed by atoms with E-state index in [4.69, 9.17) is 0 Å². The minimum absolute atomic E-state index is 0.643. The van der Waals surface area contributed by atoms with E-state index in [9.17, 15) is 0 Å².